The van der Waals surface area contributed by atoms with E-state index < -0.39 is 14.9 Å². The SMILES string of the molecule is O=[N+]([O-])c1ccccc1S(=O)(=O)N1CCC(c2ccccc2)C1. The first-order chi connectivity index (χ1) is 11.0. The minimum atomic E-state index is -3.86. The molecule has 7 heteroatoms. The van der Waals surface area contributed by atoms with Gasteiger partial charge in [-0.15, -0.1) is 0 Å². The predicted molar refractivity (Wildman–Crippen MR) is 85.7 cm³/mol. The first kappa shape index (κ1) is 15.6. The molecule has 2 aromatic rings. The lowest BCUT2D eigenvalue weighted by Gasteiger charge is -2.16. The maximum Gasteiger partial charge on any atom is 0.289 e. The van der Waals surface area contributed by atoms with Crippen LogP contribution >= 0.6 is 0 Å². The molecule has 1 aliphatic heterocycles. The second-order valence-electron chi connectivity index (χ2n) is 5.48. The highest BCUT2D eigenvalue weighted by molar-refractivity contribution is 7.89. The zero-order valence-corrected chi connectivity index (χ0v) is 13.1. The highest BCUT2D eigenvalue weighted by atomic mass is 32.2. The van der Waals surface area contributed by atoms with Crippen LogP contribution in [0.2, 0.25) is 0 Å². The minimum Gasteiger partial charge on any atom is -0.258 e. The van der Waals surface area contributed by atoms with Crippen molar-refractivity contribution in [3.8, 4) is 0 Å². The third-order valence-electron chi connectivity index (χ3n) is 4.10. The number of nitro benzene ring substituents is 1. The smallest absolute Gasteiger partial charge is 0.258 e. The molecule has 0 amide bonds. The fourth-order valence-electron chi connectivity index (χ4n) is 2.91. The van der Waals surface area contributed by atoms with Crippen LogP contribution in [0.4, 0.5) is 5.69 Å². The van der Waals surface area contributed by atoms with Crippen LogP contribution in [0.5, 0.6) is 0 Å². The summed E-state index contributed by atoms with van der Waals surface area (Å²) < 4.78 is 26.9. The molecule has 3 rings (SSSR count). The van der Waals surface area contributed by atoms with E-state index in [-0.39, 0.29) is 16.5 Å². The summed E-state index contributed by atoms with van der Waals surface area (Å²) in [6.45, 7) is 0.715. The molecule has 1 aliphatic rings. The molecule has 0 aliphatic carbocycles. The Labute approximate surface area is 134 Å². The van der Waals surface area contributed by atoms with Gasteiger partial charge < -0.3 is 0 Å². The van der Waals surface area contributed by atoms with E-state index in [1.165, 1.54) is 28.6 Å². The lowest BCUT2D eigenvalue weighted by molar-refractivity contribution is -0.387. The molecular weight excluding hydrogens is 316 g/mol. The van der Waals surface area contributed by atoms with E-state index in [1.807, 2.05) is 30.3 Å². The third-order valence-corrected chi connectivity index (χ3v) is 6.01. The second kappa shape index (κ2) is 6.10. The molecule has 1 atom stereocenters. The van der Waals surface area contributed by atoms with Crippen molar-refractivity contribution >= 4 is 15.7 Å². The van der Waals surface area contributed by atoms with Crippen LogP contribution in [-0.4, -0.2) is 30.7 Å². The van der Waals surface area contributed by atoms with E-state index in [2.05, 4.69) is 0 Å². The monoisotopic (exact) mass is 332 g/mol. The van der Waals surface area contributed by atoms with Gasteiger partial charge in [0.1, 0.15) is 0 Å². The van der Waals surface area contributed by atoms with Crippen LogP contribution in [-0.2, 0) is 10.0 Å². The van der Waals surface area contributed by atoms with Gasteiger partial charge in [0.15, 0.2) is 4.90 Å². The summed E-state index contributed by atoms with van der Waals surface area (Å²) in [5, 5.41) is 11.1. The highest BCUT2D eigenvalue weighted by Crippen LogP contribution is 2.33. The van der Waals surface area contributed by atoms with Gasteiger partial charge in [-0.05, 0) is 24.0 Å². The van der Waals surface area contributed by atoms with Crippen molar-refractivity contribution < 1.29 is 13.3 Å². The topological polar surface area (TPSA) is 80.5 Å². The van der Waals surface area contributed by atoms with Crippen molar-refractivity contribution in [1.29, 1.82) is 0 Å². The number of rotatable bonds is 4. The van der Waals surface area contributed by atoms with Crippen molar-refractivity contribution in [2.75, 3.05) is 13.1 Å². The van der Waals surface area contributed by atoms with Crippen molar-refractivity contribution in [2.45, 2.75) is 17.2 Å². The molecule has 23 heavy (non-hydrogen) atoms. The van der Waals surface area contributed by atoms with Gasteiger partial charge in [-0.2, -0.15) is 4.31 Å². The average Bonchev–Trinajstić information content (AvgIpc) is 3.06. The first-order valence-corrected chi connectivity index (χ1v) is 8.72. The maximum atomic E-state index is 12.8. The standard InChI is InChI=1S/C16H16N2O4S/c19-18(20)15-8-4-5-9-16(15)23(21,22)17-11-10-14(12-17)13-6-2-1-3-7-13/h1-9,14H,10-12H2. The third kappa shape index (κ3) is 2.97. The summed E-state index contributed by atoms with van der Waals surface area (Å²) >= 11 is 0. The van der Waals surface area contributed by atoms with Gasteiger partial charge in [-0.25, -0.2) is 8.42 Å². The molecule has 120 valence electrons. The van der Waals surface area contributed by atoms with Gasteiger partial charge in [0.05, 0.1) is 4.92 Å². The fraction of sp³-hybridized carbons (Fsp3) is 0.250. The summed E-state index contributed by atoms with van der Waals surface area (Å²) in [5.41, 5.74) is 0.712. The molecule has 0 spiro atoms. The Morgan fingerprint density at radius 3 is 2.39 bits per heavy atom. The van der Waals surface area contributed by atoms with E-state index in [0.717, 1.165) is 5.56 Å². The highest BCUT2D eigenvalue weighted by Gasteiger charge is 2.36. The van der Waals surface area contributed by atoms with Crippen molar-refractivity contribution in [3.05, 3.63) is 70.3 Å². The molecule has 1 unspecified atom stereocenters. The van der Waals surface area contributed by atoms with E-state index in [4.69, 9.17) is 0 Å². The predicted octanol–water partition coefficient (Wildman–Crippen LogP) is 2.77. The van der Waals surface area contributed by atoms with Crippen molar-refractivity contribution in [2.24, 2.45) is 0 Å². The molecule has 0 N–H and O–H groups in total. The molecule has 6 nitrogen and oxygen atoms in total. The van der Waals surface area contributed by atoms with Crippen molar-refractivity contribution in [1.82, 2.24) is 4.31 Å². The zero-order valence-electron chi connectivity index (χ0n) is 12.3. The summed E-state index contributed by atoms with van der Waals surface area (Å²) in [6.07, 6.45) is 0.712. The lowest BCUT2D eigenvalue weighted by atomic mass is 9.99. The van der Waals surface area contributed by atoms with Crippen LogP contribution in [0.3, 0.4) is 0 Å². The number of nitrogens with zero attached hydrogens (tertiary/aromatic N) is 2. The van der Waals surface area contributed by atoms with Gasteiger partial charge in [-0.3, -0.25) is 10.1 Å². The Morgan fingerprint density at radius 1 is 1.04 bits per heavy atom. The van der Waals surface area contributed by atoms with Crippen LogP contribution < -0.4 is 0 Å². The van der Waals surface area contributed by atoms with Gasteiger partial charge in [-0.1, -0.05) is 42.5 Å². The molecule has 1 saturated heterocycles. The number of hydrogen-bond acceptors (Lipinski definition) is 4. The van der Waals surface area contributed by atoms with Crippen LogP contribution in [0.15, 0.2) is 59.5 Å². The zero-order chi connectivity index (χ0) is 16.4. The Bertz CT molecular complexity index is 821. The van der Waals surface area contributed by atoms with Crippen LogP contribution in [0.1, 0.15) is 17.9 Å². The lowest BCUT2D eigenvalue weighted by Crippen LogP contribution is -2.29. The summed E-state index contributed by atoms with van der Waals surface area (Å²) in [6, 6.07) is 15.2. The number of benzene rings is 2. The largest absolute Gasteiger partial charge is 0.289 e. The number of hydrogen-bond donors (Lipinski definition) is 0. The average molecular weight is 332 g/mol. The molecule has 2 aromatic carbocycles. The van der Waals surface area contributed by atoms with Gasteiger partial charge in [0.25, 0.3) is 5.69 Å². The molecule has 1 heterocycles. The second-order valence-corrected chi connectivity index (χ2v) is 7.39. The first-order valence-electron chi connectivity index (χ1n) is 7.28. The van der Waals surface area contributed by atoms with Crippen molar-refractivity contribution in [3.63, 3.8) is 0 Å². The van der Waals surface area contributed by atoms with Gasteiger partial charge in [0.2, 0.25) is 10.0 Å². The van der Waals surface area contributed by atoms with E-state index in [9.17, 15) is 18.5 Å². The number of para-hydroxylation sites is 1. The quantitative estimate of drug-likeness (QED) is 0.637. The summed E-state index contributed by atoms with van der Waals surface area (Å²) in [7, 11) is -3.86. The van der Waals surface area contributed by atoms with Crippen LogP contribution in [0, 0.1) is 10.1 Å². The van der Waals surface area contributed by atoms with Gasteiger partial charge in [0, 0.05) is 19.2 Å². The maximum absolute atomic E-state index is 12.8. The minimum absolute atomic E-state index is 0.119. The number of nitro groups is 1. The number of sulfonamides is 1. The molecule has 0 radical (unpaired) electrons. The molecule has 0 bridgehead atoms. The van der Waals surface area contributed by atoms with E-state index in [1.54, 1.807) is 0 Å². The Morgan fingerprint density at radius 2 is 1.70 bits per heavy atom. The molecule has 0 saturated carbocycles. The Kier molecular flexibility index (Phi) is 4.14. The fourth-order valence-corrected chi connectivity index (χ4v) is 4.57. The van der Waals surface area contributed by atoms with Gasteiger partial charge >= 0.3 is 0 Å². The molecular formula is C16H16N2O4S. The summed E-state index contributed by atoms with van der Waals surface area (Å²) in [4.78, 5) is 10.2. The summed E-state index contributed by atoms with van der Waals surface area (Å²) in [5.74, 6) is 0.119. The Balaban J connectivity index is 1.89. The van der Waals surface area contributed by atoms with E-state index in [0.29, 0.717) is 19.5 Å². The molecule has 1 fully saturated rings. The molecule has 0 aromatic heterocycles. The van der Waals surface area contributed by atoms with Crippen LogP contribution in [0.25, 0.3) is 0 Å². The normalized spacial score (nSPS) is 18.9. The van der Waals surface area contributed by atoms with E-state index >= 15 is 0 Å². The Hall–Kier alpha value is -2.25.